The summed E-state index contributed by atoms with van der Waals surface area (Å²) in [6, 6.07) is 9.33. The first-order valence-electron chi connectivity index (χ1n) is 6.47. The van der Waals surface area contributed by atoms with Crippen LogP contribution in [0.4, 0.5) is 11.4 Å². The summed E-state index contributed by atoms with van der Waals surface area (Å²) in [5, 5.41) is 31.8. The second kappa shape index (κ2) is 6.56. The summed E-state index contributed by atoms with van der Waals surface area (Å²) in [5.74, 6) is -2.11. The number of benzene rings is 2. The highest BCUT2D eigenvalue weighted by molar-refractivity contribution is 6.07. The van der Waals surface area contributed by atoms with Crippen molar-refractivity contribution in [1.82, 2.24) is 0 Å². The lowest BCUT2D eigenvalue weighted by Crippen LogP contribution is -2.14. The lowest BCUT2D eigenvalue weighted by atomic mass is 10.1. The van der Waals surface area contributed by atoms with Crippen molar-refractivity contribution in [1.29, 1.82) is 0 Å². The highest BCUT2D eigenvalue weighted by atomic mass is 16.6. The van der Waals surface area contributed by atoms with Crippen molar-refractivity contribution >= 4 is 23.3 Å². The van der Waals surface area contributed by atoms with E-state index in [0.29, 0.717) is 5.56 Å². The number of carbonyl (C=O) groups is 2. The zero-order chi connectivity index (χ0) is 17.0. The number of nitrogens with zero attached hydrogens (tertiary/aromatic N) is 1. The molecule has 0 saturated heterocycles. The zero-order valence-electron chi connectivity index (χ0n) is 11.7. The van der Waals surface area contributed by atoms with Gasteiger partial charge in [-0.15, -0.1) is 0 Å². The SMILES string of the molecule is O=C(O)Cc1ccc(O)c(NC(=O)c2ccccc2[N+](=O)[O-])c1. The zero-order valence-corrected chi connectivity index (χ0v) is 11.7. The van der Waals surface area contributed by atoms with Gasteiger partial charge in [0.05, 0.1) is 17.0 Å². The van der Waals surface area contributed by atoms with Gasteiger partial charge in [-0.05, 0) is 23.8 Å². The van der Waals surface area contributed by atoms with Crippen LogP contribution in [0.3, 0.4) is 0 Å². The number of rotatable bonds is 5. The van der Waals surface area contributed by atoms with Crippen LogP contribution in [-0.4, -0.2) is 27.0 Å². The second-order valence-corrected chi connectivity index (χ2v) is 4.65. The quantitative estimate of drug-likeness (QED) is 0.440. The van der Waals surface area contributed by atoms with Crippen molar-refractivity contribution in [3.05, 3.63) is 63.7 Å². The van der Waals surface area contributed by atoms with Gasteiger partial charge in [0.2, 0.25) is 0 Å². The Labute approximate surface area is 130 Å². The number of aliphatic carboxylic acids is 1. The molecular weight excluding hydrogens is 304 g/mol. The molecular formula is C15H12N2O6. The summed E-state index contributed by atoms with van der Waals surface area (Å²) in [6.07, 6.45) is -0.283. The number of amides is 1. The van der Waals surface area contributed by atoms with Gasteiger partial charge in [-0.25, -0.2) is 0 Å². The van der Waals surface area contributed by atoms with Gasteiger partial charge in [-0.2, -0.15) is 0 Å². The first kappa shape index (κ1) is 16.0. The predicted molar refractivity (Wildman–Crippen MR) is 80.5 cm³/mol. The molecule has 0 aliphatic rings. The van der Waals surface area contributed by atoms with E-state index in [-0.39, 0.29) is 29.1 Å². The molecule has 0 aromatic heterocycles. The summed E-state index contributed by atoms with van der Waals surface area (Å²) in [5.41, 5.74) is -0.188. The first-order chi connectivity index (χ1) is 10.9. The molecule has 0 heterocycles. The van der Waals surface area contributed by atoms with E-state index in [1.165, 1.54) is 42.5 Å². The van der Waals surface area contributed by atoms with Gasteiger partial charge in [-0.3, -0.25) is 19.7 Å². The normalized spacial score (nSPS) is 10.1. The molecule has 3 N–H and O–H groups in total. The van der Waals surface area contributed by atoms with Crippen molar-refractivity contribution in [2.75, 3.05) is 5.32 Å². The third-order valence-electron chi connectivity index (χ3n) is 3.01. The minimum Gasteiger partial charge on any atom is -0.506 e. The molecule has 8 nitrogen and oxygen atoms in total. The van der Waals surface area contributed by atoms with E-state index >= 15 is 0 Å². The molecule has 0 radical (unpaired) electrons. The lowest BCUT2D eigenvalue weighted by Gasteiger charge is -2.09. The average molecular weight is 316 g/mol. The molecule has 0 bridgehead atoms. The van der Waals surface area contributed by atoms with Gasteiger partial charge in [0.15, 0.2) is 0 Å². The highest BCUT2D eigenvalue weighted by Crippen LogP contribution is 2.26. The number of carboxylic acids is 1. The number of carboxylic acid groups (broad SMARTS) is 1. The summed E-state index contributed by atoms with van der Waals surface area (Å²) >= 11 is 0. The molecule has 8 heteroatoms. The Bertz CT molecular complexity index is 787. The van der Waals surface area contributed by atoms with Gasteiger partial charge < -0.3 is 15.5 Å². The third-order valence-corrected chi connectivity index (χ3v) is 3.01. The number of nitro benzene ring substituents is 1. The summed E-state index contributed by atoms with van der Waals surface area (Å²) in [6.45, 7) is 0. The number of aromatic hydroxyl groups is 1. The molecule has 0 fully saturated rings. The number of phenolic OH excluding ortho intramolecular Hbond substituents is 1. The van der Waals surface area contributed by atoms with Gasteiger partial charge in [0.1, 0.15) is 11.3 Å². The molecule has 0 aliphatic carbocycles. The summed E-state index contributed by atoms with van der Waals surface area (Å²) < 4.78 is 0. The van der Waals surface area contributed by atoms with Gasteiger partial charge in [0.25, 0.3) is 11.6 Å². The Hall–Kier alpha value is -3.42. The van der Waals surface area contributed by atoms with Gasteiger partial charge >= 0.3 is 5.97 Å². The average Bonchev–Trinajstić information content (AvgIpc) is 2.50. The molecule has 0 unspecified atom stereocenters. The number of para-hydroxylation sites is 1. The lowest BCUT2D eigenvalue weighted by molar-refractivity contribution is -0.385. The van der Waals surface area contributed by atoms with Crippen LogP contribution in [0.1, 0.15) is 15.9 Å². The summed E-state index contributed by atoms with van der Waals surface area (Å²) in [4.78, 5) is 33.1. The van der Waals surface area contributed by atoms with E-state index in [2.05, 4.69) is 5.32 Å². The van der Waals surface area contributed by atoms with E-state index < -0.39 is 16.8 Å². The molecule has 2 rings (SSSR count). The molecule has 23 heavy (non-hydrogen) atoms. The third kappa shape index (κ3) is 3.82. The summed E-state index contributed by atoms with van der Waals surface area (Å²) in [7, 11) is 0. The molecule has 2 aromatic rings. The van der Waals surface area contributed by atoms with Gasteiger partial charge in [-0.1, -0.05) is 18.2 Å². The van der Waals surface area contributed by atoms with Crippen LogP contribution >= 0.6 is 0 Å². The first-order valence-corrected chi connectivity index (χ1v) is 6.47. The Morgan fingerprint density at radius 1 is 1.17 bits per heavy atom. The van der Waals surface area contributed by atoms with Crippen molar-refractivity contribution in [2.24, 2.45) is 0 Å². The molecule has 1 amide bonds. The predicted octanol–water partition coefficient (Wildman–Crippen LogP) is 2.18. The van der Waals surface area contributed by atoms with E-state index in [0.717, 1.165) is 0 Å². The van der Waals surface area contributed by atoms with E-state index in [9.17, 15) is 24.8 Å². The Kier molecular flexibility index (Phi) is 4.55. The Morgan fingerprint density at radius 3 is 2.52 bits per heavy atom. The molecule has 0 atom stereocenters. The molecule has 2 aromatic carbocycles. The van der Waals surface area contributed by atoms with E-state index in [1.807, 2.05) is 0 Å². The number of phenols is 1. The van der Waals surface area contributed by atoms with Gasteiger partial charge in [0, 0.05) is 6.07 Å². The minimum absolute atomic E-state index is 0.0214. The maximum absolute atomic E-state index is 12.2. The van der Waals surface area contributed by atoms with Crippen molar-refractivity contribution in [2.45, 2.75) is 6.42 Å². The molecule has 0 saturated carbocycles. The number of hydrogen-bond donors (Lipinski definition) is 3. The topological polar surface area (TPSA) is 130 Å². The van der Waals surface area contributed by atoms with Crippen LogP contribution < -0.4 is 5.32 Å². The van der Waals surface area contributed by atoms with Crippen LogP contribution in [0, 0.1) is 10.1 Å². The van der Waals surface area contributed by atoms with Crippen LogP contribution in [0.15, 0.2) is 42.5 Å². The Morgan fingerprint density at radius 2 is 1.87 bits per heavy atom. The maximum Gasteiger partial charge on any atom is 0.307 e. The second-order valence-electron chi connectivity index (χ2n) is 4.65. The van der Waals surface area contributed by atoms with E-state index in [4.69, 9.17) is 5.11 Å². The smallest absolute Gasteiger partial charge is 0.307 e. The standard InChI is InChI=1S/C15H12N2O6/c18-13-6-5-9(8-14(19)20)7-11(13)16-15(21)10-3-1-2-4-12(10)17(22)23/h1-7,18H,8H2,(H,16,21)(H,19,20). The maximum atomic E-state index is 12.2. The largest absolute Gasteiger partial charge is 0.506 e. The van der Waals surface area contributed by atoms with Crippen molar-refractivity contribution in [3.63, 3.8) is 0 Å². The number of nitrogens with one attached hydrogen (secondary N) is 1. The minimum atomic E-state index is -1.06. The monoisotopic (exact) mass is 316 g/mol. The number of hydrogen-bond acceptors (Lipinski definition) is 5. The van der Waals surface area contributed by atoms with Crippen molar-refractivity contribution in [3.8, 4) is 5.75 Å². The number of nitro groups is 1. The van der Waals surface area contributed by atoms with Crippen LogP contribution in [0.5, 0.6) is 5.75 Å². The fourth-order valence-electron chi connectivity index (χ4n) is 1.98. The number of carbonyl (C=O) groups excluding carboxylic acids is 1. The number of anilines is 1. The molecule has 0 spiro atoms. The van der Waals surface area contributed by atoms with E-state index in [1.54, 1.807) is 0 Å². The van der Waals surface area contributed by atoms with Crippen LogP contribution in [0.2, 0.25) is 0 Å². The highest BCUT2D eigenvalue weighted by Gasteiger charge is 2.20. The fourth-order valence-corrected chi connectivity index (χ4v) is 1.98. The fraction of sp³-hybridized carbons (Fsp3) is 0.0667. The molecule has 118 valence electrons. The Balaban J connectivity index is 2.30. The van der Waals surface area contributed by atoms with Crippen LogP contribution in [-0.2, 0) is 11.2 Å². The van der Waals surface area contributed by atoms with Crippen LogP contribution in [0.25, 0.3) is 0 Å². The van der Waals surface area contributed by atoms with Crippen molar-refractivity contribution < 1.29 is 24.7 Å². The molecule has 0 aliphatic heterocycles.